The third-order valence-corrected chi connectivity index (χ3v) is 7.40. The molecule has 262 valence electrons. The number of nitrogens with two attached hydrogens (primary N) is 3. The standard InChI is InChI=1S/C27H43N9O4.C2HF3O2/c1-33-24(38)19(14-17-9-11-18(12-10-17)22(28)29)25(39)36-21(15-16-6-3-2-4-7-16)26(40)35-20(23(30)37)8-5-13-34-27(31)32;3-2(4,5)1(6)7/h9-12,16,19-21H,2-8,13-15H2,1H3,(H3,28,29)(H2,30,37)(H,33,38)(H,35,40)(H,36,39)(H4,31,32,34);(H,6,7)/t19?,20-,21?;/m0./s1. The van der Waals surface area contributed by atoms with Gasteiger partial charge in [-0.3, -0.25) is 30.0 Å². The summed E-state index contributed by atoms with van der Waals surface area (Å²) >= 11 is 0. The van der Waals surface area contributed by atoms with Crippen LogP contribution in [0.1, 0.15) is 62.5 Å². The zero-order chi connectivity index (χ0) is 35.7. The second kappa shape index (κ2) is 19.6. The van der Waals surface area contributed by atoms with Crippen molar-refractivity contribution >= 4 is 41.4 Å². The van der Waals surface area contributed by atoms with E-state index < -0.39 is 53.8 Å². The molecule has 2 unspecified atom stereocenters. The highest BCUT2D eigenvalue weighted by Crippen LogP contribution is 2.27. The maximum Gasteiger partial charge on any atom is 0.490 e. The van der Waals surface area contributed by atoms with Gasteiger partial charge in [0.2, 0.25) is 23.6 Å². The van der Waals surface area contributed by atoms with E-state index in [0.29, 0.717) is 30.5 Å². The maximum absolute atomic E-state index is 13.4. The first kappa shape index (κ1) is 40.1. The van der Waals surface area contributed by atoms with Crippen LogP contribution in [-0.4, -0.2) is 78.4 Å². The number of carboxylic acids is 1. The van der Waals surface area contributed by atoms with Gasteiger partial charge in [-0.15, -0.1) is 0 Å². The smallest absolute Gasteiger partial charge is 0.475 e. The van der Waals surface area contributed by atoms with Gasteiger partial charge in [0.05, 0.1) is 0 Å². The van der Waals surface area contributed by atoms with E-state index in [2.05, 4.69) is 21.3 Å². The molecule has 15 nitrogen and oxygen atoms in total. The average molecular weight is 672 g/mol. The van der Waals surface area contributed by atoms with Gasteiger partial charge in [0.1, 0.15) is 23.8 Å². The van der Waals surface area contributed by atoms with E-state index in [1.165, 1.54) is 7.05 Å². The number of carbonyl (C=O) groups excluding carboxylic acids is 4. The molecule has 1 aliphatic rings. The van der Waals surface area contributed by atoms with E-state index in [4.69, 9.17) is 37.9 Å². The van der Waals surface area contributed by atoms with Gasteiger partial charge in [-0.25, -0.2) is 4.79 Å². The Labute approximate surface area is 270 Å². The van der Waals surface area contributed by atoms with Gasteiger partial charge in [0, 0.05) is 19.2 Å². The van der Waals surface area contributed by atoms with Gasteiger partial charge in [-0.05, 0) is 37.2 Å². The molecule has 4 amide bonds. The summed E-state index contributed by atoms with van der Waals surface area (Å²) in [5.74, 6) is -6.30. The molecule has 0 aliphatic heterocycles. The topological polar surface area (TPSA) is 279 Å². The van der Waals surface area contributed by atoms with Crippen LogP contribution in [0.5, 0.6) is 0 Å². The third kappa shape index (κ3) is 15.3. The maximum atomic E-state index is 13.4. The number of aliphatic carboxylic acids is 1. The molecular formula is C29H44F3N9O6. The summed E-state index contributed by atoms with van der Waals surface area (Å²) in [4.78, 5) is 60.5. The zero-order valence-electron chi connectivity index (χ0n) is 26.0. The molecule has 1 fully saturated rings. The summed E-state index contributed by atoms with van der Waals surface area (Å²) < 4.78 is 31.7. The molecule has 2 rings (SSSR count). The Hall–Kier alpha value is -4.90. The number of amides is 4. The minimum Gasteiger partial charge on any atom is -0.475 e. The van der Waals surface area contributed by atoms with Crippen LogP contribution in [0.25, 0.3) is 0 Å². The Kier molecular flexibility index (Phi) is 16.7. The number of nitrogen functional groups attached to an aromatic ring is 1. The quantitative estimate of drug-likeness (QED) is 0.0527. The molecule has 1 saturated carbocycles. The SMILES string of the molecule is CNC(=O)C(Cc1ccc(C(=N)N)cc1)C(=O)NC(CC1CCCCC1)C(=O)N[C@@H](CCCNC(=N)N)C(N)=O.O=C(O)C(F)(F)F. The molecule has 0 radical (unpaired) electrons. The molecular weight excluding hydrogens is 627 g/mol. The number of carboxylic acid groups (broad SMARTS) is 1. The number of hydrogen-bond donors (Lipinski definition) is 10. The van der Waals surface area contributed by atoms with Gasteiger partial charge >= 0.3 is 12.1 Å². The predicted molar refractivity (Wildman–Crippen MR) is 166 cm³/mol. The van der Waals surface area contributed by atoms with Crippen molar-refractivity contribution in [1.29, 1.82) is 10.8 Å². The molecule has 1 aromatic carbocycles. The van der Waals surface area contributed by atoms with Gasteiger partial charge in [0.15, 0.2) is 5.96 Å². The third-order valence-electron chi connectivity index (χ3n) is 7.40. The number of benzene rings is 1. The number of carbonyl (C=O) groups is 5. The van der Waals surface area contributed by atoms with Gasteiger partial charge in [-0.1, -0.05) is 56.4 Å². The number of primary amides is 1. The Morgan fingerprint density at radius 3 is 1.94 bits per heavy atom. The zero-order valence-corrected chi connectivity index (χ0v) is 26.0. The summed E-state index contributed by atoms with van der Waals surface area (Å²) in [7, 11) is 1.44. The number of alkyl halides is 3. The average Bonchev–Trinajstić information content (AvgIpc) is 3.00. The molecule has 3 atom stereocenters. The number of guanidine groups is 1. The molecule has 1 aromatic rings. The van der Waals surface area contributed by atoms with Crippen molar-refractivity contribution in [1.82, 2.24) is 21.3 Å². The van der Waals surface area contributed by atoms with E-state index in [1.807, 2.05) is 0 Å². The fourth-order valence-electron chi connectivity index (χ4n) is 4.88. The first-order valence-corrected chi connectivity index (χ1v) is 14.9. The first-order valence-electron chi connectivity index (χ1n) is 14.9. The van der Waals surface area contributed by atoms with Gasteiger partial charge in [-0.2, -0.15) is 13.2 Å². The Bertz CT molecular complexity index is 1250. The van der Waals surface area contributed by atoms with Crippen LogP contribution in [0.2, 0.25) is 0 Å². The molecule has 0 saturated heterocycles. The Morgan fingerprint density at radius 1 is 0.915 bits per heavy atom. The van der Waals surface area contributed by atoms with Crippen LogP contribution < -0.4 is 38.5 Å². The van der Waals surface area contributed by atoms with Crippen LogP contribution >= 0.6 is 0 Å². The Morgan fingerprint density at radius 2 is 1.47 bits per heavy atom. The van der Waals surface area contributed by atoms with Crippen molar-refractivity contribution < 1.29 is 42.3 Å². The van der Waals surface area contributed by atoms with Crippen LogP contribution in [0.4, 0.5) is 13.2 Å². The van der Waals surface area contributed by atoms with Crippen LogP contribution in [0, 0.1) is 22.7 Å². The second-order valence-corrected chi connectivity index (χ2v) is 11.0. The molecule has 47 heavy (non-hydrogen) atoms. The number of nitrogens with one attached hydrogen (secondary N) is 6. The predicted octanol–water partition coefficient (Wildman–Crippen LogP) is 0.197. The van der Waals surface area contributed by atoms with E-state index >= 15 is 0 Å². The van der Waals surface area contributed by atoms with Crippen molar-refractivity contribution in [3.8, 4) is 0 Å². The van der Waals surface area contributed by atoms with Crippen molar-refractivity contribution in [2.75, 3.05) is 13.6 Å². The van der Waals surface area contributed by atoms with Crippen LogP contribution in [0.3, 0.4) is 0 Å². The van der Waals surface area contributed by atoms with Crippen molar-refractivity contribution in [2.24, 2.45) is 29.0 Å². The monoisotopic (exact) mass is 671 g/mol. The van der Waals surface area contributed by atoms with E-state index in [9.17, 15) is 32.3 Å². The number of halogens is 3. The lowest BCUT2D eigenvalue weighted by atomic mass is 9.84. The highest BCUT2D eigenvalue weighted by molar-refractivity contribution is 6.02. The highest BCUT2D eigenvalue weighted by atomic mass is 19.4. The minimum atomic E-state index is -5.08. The van der Waals surface area contributed by atoms with Crippen molar-refractivity contribution in [3.63, 3.8) is 0 Å². The summed E-state index contributed by atoms with van der Waals surface area (Å²) in [5, 5.41) is 32.5. The fraction of sp³-hybridized carbons (Fsp3) is 0.552. The van der Waals surface area contributed by atoms with E-state index in [-0.39, 0.29) is 30.6 Å². The normalized spacial score (nSPS) is 15.0. The minimum absolute atomic E-state index is 0.0779. The summed E-state index contributed by atoms with van der Waals surface area (Å²) in [6.45, 7) is 0.332. The lowest BCUT2D eigenvalue weighted by Gasteiger charge is -2.28. The molecule has 13 N–H and O–H groups in total. The van der Waals surface area contributed by atoms with Crippen molar-refractivity contribution in [3.05, 3.63) is 35.4 Å². The number of amidine groups is 1. The van der Waals surface area contributed by atoms with E-state index in [1.54, 1.807) is 24.3 Å². The molecule has 0 spiro atoms. The van der Waals surface area contributed by atoms with Gasteiger partial charge in [0.25, 0.3) is 0 Å². The number of hydrogen-bond acceptors (Lipinski definition) is 7. The van der Waals surface area contributed by atoms with Crippen LogP contribution in [-0.2, 0) is 30.4 Å². The lowest BCUT2D eigenvalue weighted by Crippen LogP contribution is -2.55. The second-order valence-electron chi connectivity index (χ2n) is 11.0. The van der Waals surface area contributed by atoms with Crippen molar-refractivity contribution in [2.45, 2.75) is 76.0 Å². The summed E-state index contributed by atoms with van der Waals surface area (Å²) in [6.07, 6.45) is 1.08. The number of rotatable bonds is 15. The van der Waals surface area contributed by atoms with E-state index in [0.717, 1.165) is 32.1 Å². The highest BCUT2D eigenvalue weighted by Gasteiger charge is 2.38. The lowest BCUT2D eigenvalue weighted by molar-refractivity contribution is -0.192. The molecule has 18 heteroatoms. The van der Waals surface area contributed by atoms with Crippen LogP contribution in [0.15, 0.2) is 24.3 Å². The summed E-state index contributed by atoms with van der Waals surface area (Å²) in [5.41, 5.74) is 17.5. The largest absolute Gasteiger partial charge is 0.490 e. The molecule has 0 bridgehead atoms. The summed E-state index contributed by atoms with van der Waals surface area (Å²) in [6, 6.07) is 4.76. The fourth-order valence-corrected chi connectivity index (χ4v) is 4.88. The first-order chi connectivity index (χ1) is 22.0. The molecule has 0 heterocycles. The Balaban J connectivity index is 0.00000141. The molecule has 0 aromatic heterocycles. The van der Waals surface area contributed by atoms with Gasteiger partial charge < -0.3 is 43.6 Å². The molecule has 1 aliphatic carbocycles.